The molecule has 0 heterocycles. The van der Waals surface area contributed by atoms with Crippen molar-refractivity contribution < 1.29 is 8.42 Å². The number of nitrogens with two attached hydrogens (primary N) is 1. The van der Waals surface area contributed by atoms with Crippen LogP contribution in [0.2, 0.25) is 0 Å². The van der Waals surface area contributed by atoms with Gasteiger partial charge in [0.2, 0.25) is 10.0 Å². The first kappa shape index (κ1) is 15.3. The average molecular weight is 318 g/mol. The Bertz CT molecular complexity index is 720. The summed E-state index contributed by atoms with van der Waals surface area (Å²) >= 11 is 0. The van der Waals surface area contributed by atoms with E-state index in [1.54, 1.807) is 0 Å². The largest absolute Gasteiger partial charge is 0.327 e. The quantitative estimate of drug-likeness (QED) is 0.894. The summed E-state index contributed by atoms with van der Waals surface area (Å²) in [5.74, 6) is 0.756. The second kappa shape index (κ2) is 5.56. The first-order valence-electron chi connectivity index (χ1n) is 7.57. The summed E-state index contributed by atoms with van der Waals surface area (Å²) in [5, 5.41) is 0. The van der Waals surface area contributed by atoms with Gasteiger partial charge in [-0.1, -0.05) is 43.3 Å². The van der Waals surface area contributed by atoms with Crippen molar-refractivity contribution in [1.29, 1.82) is 0 Å². The molecule has 4 atom stereocenters. The minimum Gasteiger partial charge on any atom is -0.327 e. The van der Waals surface area contributed by atoms with Crippen LogP contribution in [0.5, 0.6) is 0 Å². The van der Waals surface area contributed by atoms with Gasteiger partial charge in [-0.3, -0.25) is 4.72 Å². The monoisotopic (exact) mass is 318 g/mol. The number of rotatable bonds is 4. The van der Waals surface area contributed by atoms with Crippen LogP contribution >= 0.6 is 0 Å². The molecule has 0 saturated heterocycles. The summed E-state index contributed by atoms with van der Waals surface area (Å²) in [6.07, 6.45) is 8.10. The summed E-state index contributed by atoms with van der Waals surface area (Å²) in [6, 6.07) is 8.73. The molecule has 22 heavy (non-hydrogen) atoms. The minimum atomic E-state index is -3.28. The SMILES string of the molecule is CC1C=CC=C(NS(C)(=O)=O)C1c1ccc([C@H]2C[C@@H]2N)cc1. The average Bonchev–Trinajstić information content (AvgIpc) is 3.15. The van der Waals surface area contributed by atoms with E-state index >= 15 is 0 Å². The van der Waals surface area contributed by atoms with Crippen LogP contribution in [-0.2, 0) is 10.0 Å². The van der Waals surface area contributed by atoms with Crippen LogP contribution < -0.4 is 10.5 Å². The number of hydrogen-bond donors (Lipinski definition) is 2. The molecule has 1 saturated carbocycles. The van der Waals surface area contributed by atoms with E-state index in [1.807, 2.05) is 12.2 Å². The predicted molar refractivity (Wildman–Crippen MR) is 88.9 cm³/mol. The van der Waals surface area contributed by atoms with Gasteiger partial charge in [-0.25, -0.2) is 8.42 Å². The molecule has 2 unspecified atom stereocenters. The van der Waals surface area contributed by atoms with E-state index in [9.17, 15) is 8.42 Å². The van der Waals surface area contributed by atoms with Crippen molar-refractivity contribution >= 4 is 10.0 Å². The Morgan fingerprint density at radius 3 is 2.32 bits per heavy atom. The van der Waals surface area contributed by atoms with Crippen molar-refractivity contribution in [2.75, 3.05) is 6.26 Å². The molecule has 3 N–H and O–H groups in total. The lowest BCUT2D eigenvalue weighted by Crippen LogP contribution is -2.28. The molecule has 0 amide bonds. The molecular weight excluding hydrogens is 296 g/mol. The molecule has 4 nitrogen and oxygen atoms in total. The molecule has 0 aromatic heterocycles. The molecule has 2 aliphatic carbocycles. The van der Waals surface area contributed by atoms with Gasteiger partial charge < -0.3 is 5.73 Å². The predicted octanol–water partition coefficient (Wildman–Crippen LogP) is 2.22. The Balaban J connectivity index is 1.87. The maximum absolute atomic E-state index is 11.6. The highest BCUT2D eigenvalue weighted by Crippen LogP contribution is 2.40. The molecule has 0 spiro atoms. The Kier molecular flexibility index (Phi) is 3.87. The molecule has 1 aromatic rings. The van der Waals surface area contributed by atoms with Crippen LogP contribution in [-0.4, -0.2) is 20.7 Å². The zero-order valence-electron chi connectivity index (χ0n) is 12.9. The molecule has 118 valence electrons. The van der Waals surface area contributed by atoms with Gasteiger partial charge in [0.15, 0.2) is 0 Å². The topological polar surface area (TPSA) is 72.2 Å². The van der Waals surface area contributed by atoms with Crippen LogP contribution in [0.3, 0.4) is 0 Å². The lowest BCUT2D eigenvalue weighted by atomic mass is 9.81. The van der Waals surface area contributed by atoms with E-state index in [2.05, 4.69) is 42.0 Å². The lowest BCUT2D eigenvalue weighted by molar-refractivity contribution is 0.565. The zero-order chi connectivity index (χ0) is 15.9. The van der Waals surface area contributed by atoms with Crippen LogP contribution in [0.25, 0.3) is 0 Å². The highest BCUT2D eigenvalue weighted by Gasteiger charge is 2.35. The van der Waals surface area contributed by atoms with Crippen LogP contribution in [0.15, 0.2) is 48.2 Å². The minimum absolute atomic E-state index is 0.0293. The van der Waals surface area contributed by atoms with Crippen LogP contribution in [0, 0.1) is 5.92 Å². The summed E-state index contributed by atoms with van der Waals surface area (Å²) in [5.41, 5.74) is 9.03. The number of nitrogens with one attached hydrogen (secondary N) is 1. The lowest BCUT2D eigenvalue weighted by Gasteiger charge is -2.28. The van der Waals surface area contributed by atoms with Gasteiger partial charge in [-0.05, 0) is 29.5 Å². The normalized spacial score (nSPS) is 30.8. The maximum atomic E-state index is 11.6. The molecule has 3 rings (SSSR count). The molecule has 1 fully saturated rings. The van der Waals surface area contributed by atoms with Crippen LogP contribution in [0.1, 0.15) is 36.3 Å². The third kappa shape index (κ3) is 3.25. The fourth-order valence-electron chi connectivity index (χ4n) is 3.18. The van der Waals surface area contributed by atoms with E-state index in [-0.39, 0.29) is 11.8 Å². The molecule has 0 bridgehead atoms. The fraction of sp³-hybridized carbons (Fsp3) is 0.412. The molecular formula is C17H22N2O2S. The smallest absolute Gasteiger partial charge is 0.229 e. The summed E-state index contributed by atoms with van der Waals surface area (Å²) in [4.78, 5) is 0. The third-order valence-corrected chi connectivity index (χ3v) is 5.02. The van der Waals surface area contributed by atoms with Gasteiger partial charge in [0.1, 0.15) is 0 Å². The van der Waals surface area contributed by atoms with E-state index in [4.69, 9.17) is 5.73 Å². The first-order valence-corrected chi connectivity index (χ1v) is 9.46. The van der Waals surface area contributed by atoms with E-state index in [0.717, 1.165) is 17.7 Å². The number of hydrogen-bond acceptors (Lipinski definition) is 3. The Hall–Kier alpha value is -1.59. The van der Waals surface area contributed by atoms with E-state index in [0.29, 0.717) is 12.0 Å². The van der Waals surface area contributed by atoms with Gasteiger partial charge in [-0.15, -0.1) is 0 Å². The Morgan fingerprint density at radius 1 is 1.18 bits per heavy atom. The van der Waals surface area contributed by atoms with Crippen LogP contribution in [0.4, 0.5) is 0 Å². The van der Waals surface area contributed by atoms with E-state index < -0.39 is 10.0 Å². The van der Waals surface area contributed by atoms with Gasteiger partial charge in [-0.2, -0.15) is 0 Å². The second-order valence-corrected chi connectivity index (χ2v) is 8.14. The molecule has 2 aliphatic rings. The highest BCUT2D eigenvalue weighted by molar-refractivity contribution is 7.88. The maximum Gasteiger partial charge on any atom is 0.229 e. The number of benzene rings is 1. The number of allylic oxidation sites excluding steroid dienone is 4. The van der Waals surface area contributed by atoms with Gasteiger partial charge >= 0.3 is 0 Å². The Labute approximate surface area is 132 Å². The van der Waals surface area contributed by atoms with Gasteiger partial charge in [0.25, 0.3) is 0 Å². The van der Waals surface area contributed by atoms with Gasteiger partial charge in [0.05, 0.1) is 6.26 Å². The third-order valence-electron chi connectivity index (χ3n) is 4.42. The highest BCUT2D eigenvalue weighted by atomic mass is 32.2. The summed E-state index contributed by atoms with van der Waals surface area (Å²) in [7, 11) is -3.28. The van der Waals surface area contributed by atoms with Crippen molar-refractivity contribution in [2.45, 2.75) is 31.2 Å². The summed E-state index contributed by atoms with van der Waals surface area (Å²) in [6.45, 7) is 2.10. The van der Waals surface area contributed by atoms with Gasteiger partial charge in [0, 0.05) is 23.6 Å². The van der Waals surface area contributed by atoms with Crippen molar-refractivity contribution in [3.8, 4) is 0 Å². The Morgan fingerprint density at radius 2 is 1.77 bits per heavy atom. The molecule has 5 heteroatoms. The number of sulfonamides is 1. The summed E-state index contributed by atoms with van der Waals surface area (Å²) < 4.78 is 25.8. The van der Waals surface area contributed by atoms with Crippen molar-refractivity contribution in [3.05, 3.63) is 59.3 Å². The fourth-order valence-corrected chi connectivity index (χ4v) is 3.80. The molecule has 0 radical (unpaired) electrons. The van der Waals surface area contributed by atoms with Crippen molar-refractivity contribution in [2.24, 2.45) is 11.7 Å². The second-order valence-electron chi connectivity index (χ2n) is 6.39. The first-order chi connectivity index (χ1) is 10.3. The molecule has 0 aliphatic heterocycles. The van der Waals surface area contributed by atoms with Crippen molar-refractivity contribution in [1.82, 2.24) is 4.72 Å². The molecule has 1 aromatic carbocycles. The standard InChI is InChI=1S/C17H22N2O2S/c1-11-4-3-5-16(19-22(2,20)21)17(11)13-8-6-12(7-9-13)14-10-15(14)18/h3-9,11,14-15,17,19H,10,18H2,1-2H3/t11?,14-,15+,17?/m1/s1. The zero-order valence-corrected chi connectivity index (χ0v) is 13.7. The van der Waals surface area contributed by atoms with E-state index in [1.165, 1.54) is 11.8 Å². The van der Waals surface area contributed by atoms with Crippen molar-refractivity contribution in [3.63, 3.8) is 0 Å².